The SMILES string of the molecule is Cc1nn(C)cc1S(=O)(=O)N1C[C@H]2CC(O)C[C@H]2C1. The molecule has 1 unspecified atom stereocenters. The summed E-state index contributed by atoms with van der Waals surface area (Å²) in [5.74, 6) is 0.614. The van der Waals surface area contributed by atoms with Crippen molar-refractivity contribution in [3.8, 4) is 0 Å². The molecule has 0 radical (unpaired) electrons. The van der Waals surface area contributed by atoms with Gasteiger partial charge in [0.2, 0.25) is 10.0 Å². The zero-order valence-electron chi connectivity index (χ0n) is 11.2. The maximum absolute atomic E-state index is 12.6. The lowest BCUT2D eigenvalue weighted by atomic mass is 10.0. The largest absolute Gasteiger partial charge is 0.393 e. The van der Waals surface area contributed by atoms with Crippen molar-refractivity contribution >= 4 is 10.0 Å². The molecule has 1 saturated heterocycles. The highest BCUT2D eigenvalue weighted by molar-refractivity contribution is 7.89. The van der Waals surface area contributed by atoms with E-state index < -0.39 is 10.0 Å². The smallest absolute Gasteiger partial charge is 0.246 e. The van der Waals surface area contributed by atoms with Crippen LogP contribution in [0.15, 0.2) is 11.1 Å². The Kier molecular flexibility index (Phi) is 2.95. The summed E-state index contributed by atoms with van der Waals surface area (Å²) >= 11 is 0. The Hall–Kier alpha value is -0.920. The predicted molar refractivity (Wildman–Crippen MR) is 68.9 cm³/mol. The molecule has 3 rings (SSSR count). The molecule has 2 aliphatic rings. The third kappa shape index (κ3) is 2.09. The highest BCUT2D eigenvalue weighted by atomic mass is 32.2. The van der Waals surface area contributed by atoms with Crippen molar-refractivity contribution in [2.45, 2.75) is 30.8 Å². The van der Waals surface area contributed by atoms with E-state index in [0.29, 0.717) is 35.5 Å². The van der Waals surface area contributed by atoms with Gasteiger partial charge in [0.05, 0.1) is 11.8 Å². The van der Waals surface area contributed by atoms with Gasteiger partial charge >= 0.3 is 0 Å². The number of hydrogen-bond acceptors (Lipinski definition) is 4. The molecule has 2 heterocycles. The number of aryl methyl sites for hydroxylation is 2. The maximum atomic E-state index is 12.6. The van der Waals surface area contributed by atoms with Gasteiger partial charge in [-0.15, -0.1) is 0 Å². The van der Waals surface area contributed by atoms with Crippen LogP contribution in [0.2, 0.25) is 0 Å². The summed E-state index contributed by atoms with van der Waals surface area (Å²) in [5, 5.41) is 13.7. The minimum atomic E-state index is -3.44. The topological polar surface area (TPSA) is 75.4 Å². The third-order valence-corrected chi connectivity index (χ3v) is 6.21. The number of aliphatic hydroxyl groups is 1. The molecular weight excluding hydrogens is 266 g/mol. The van der Waals surface area contributed by atoms with E-state index in [4.69, 9.17) is 0 Å². The fraction of sp³-hybridized carbons (Fsp3) is 0.750. The molecular formula is C12H19N3O3S. The monoisotopic (exact) mass is 285 g/mol. The molecule has 7 heteroatoms. The zero-order valence-corrected chi connectivity index (χ0v) is 12.0. The van der Waals surface area contributed by atoms with E-state index in [1.54, 1.807) is 24.5 Å². The molecule has 1 aromatic rings. The van der Waals surface area contributed by atoms with E-state index in [1.165, 1.54) is 4.68 Å². The van der Waals surface area contributed by atoms with Crippen molar-refractivity contribution in [3.63, 3.8) is 0 Å². The van der Waals surface area contributed by atoms with E-state index in [9.17, 15) is 13.5 Å². The molecule has 106 valence electrons. The summed E-state index contributed by atoms with van der Waals surface area (Å²) in [6, 6.07) is 0. The average Bonchev–Trinajstić information content (AvgIpc) is 2.91. The number of sulfonamides is 1. The molecule has 1 aliphatic carbocycles. The van der Waals surface area contributed by atoms with Crippen LogP contribution in [0.1, 0.15) is 18.5 Å². The van der Waals surface area contributed by atoms with Gasteiger partial charge in [-0.1, -0.05) is 0 Å². The summed E-state index contributed by atoms with van der Waals surface area (Å²) in [7, 11) is -1.72. The molecule has 1 N–H and O–H groups in total. The molecule has 19 heavy (non-hydrogen) atoms. The highest BCUT2D eigenvalue weighted by Gasteiger charge is 2.44. The molecule has 3 atom stereocenters. The number of fused-ring (bicyclic) bond motifs is 1. The Bertz CT molecular complexity index is 581. The number of rotatable bonds is 2. The Balaban J connectivity index is 1.85. The van der Waals surface area contributed by atoms with Crippen LogP contribution in [0.3, 0.4) is 0 Å². The summed E-state index contributed by atoms with van der Waals surface area (Å²) in [6.45, 7) is 2.77. The summed E-state index contributed by atoms with van der Waals surface area (Å²) in [5.41, 5.74) is 0.541. The van der Waals surface area contributed by atoms with Gasteiger partial charge in [-0.3, -0.25) is 4.68 Å². The van der Waals surface area contributed by atoms with E-state index in [0.717, 1.165) is 12.8 Å². The molecule has 0 spiro atoms. The second-order valence-electron chi connectivity index (χ2n) is 5.72. The van der Waals surface area contributed by atoms with Crippen LogP contribution < -0.4 is 0 Å². The molecule has 6 nitrogen and oxygen atoms in total. The Morgan fingerprint density at radius 1 is 1.32 bits per heavy atom. The van der Waals surface area contributed by atoms with E-state index >= 15 is 0 Å². The number of nitrogens with zero attached hydrogens (tertiary/aromatic N) is 3. The van der Waals surface area contributed by atoms with Crippen LogP contribution in [0.5, 0.6) is 0 Å². The fourth-order valence-electron chi connectivity index (χ4n) is 3.39. The lowest BCUT2D eigenvalue weighted by molar-refractivity contribution is 0.169. The van der Waals surface area contributed by atoms with E-state index in [-0.39, 0.29) is 6.10 Å². The Labute approximate surface area is 113 Å². The zero-order chi connectivity index (χ0) is 13.8. The predicted octanol–water partition coefficient (Wildman–Crippen LogP) is 0.120. The maximum Gasteiger partial charge on any atom is 0.246 e. The minimum absolute atomic E-state index is 0.250. The molecule has 0 amide bonds. The van der Waals surface area contributed by atoms with Crippen molar-refractivity contribution < 1.29 is 13.5 Å². The number of aliphatic hydroxyl groups excluding tert-OH is 1. The lowest BCUT2D eigenvalue weighted by Crippen LogP contribution is -2.30. The summed E-state index contributed by atoms with van der Waals surface area (Å²) in [4.78, 5) is 0.301. The molecule has 0 bridgehead atoms. The van der Waals surface area contributed by atoms with Gasteiger partial charge in [0.1, 0.15) is 4.90 Å². The fourth-order valence-corrected chi connectivity index (χ4v) is 5.14. The van der Waals surface area contributed by atoms with Crippen LogP contribution in [0.4, 0.5) is 0 Å². The number of aromatic nitrogens is 2. The van der Waals surface area contributed by atoms with Crippen LogP contribution in [0.25, 0.3) is 0 Å². The number of hydrogen-bond donors (Lipinski definition) is 1. The summed E-state index contributed by atoms with van der Waals surface area (Å²) in [6.07, 6.45) is 2.76. The second-order valence-corrected chi connectivity index (χ2v) is 7.63. The van der Waals surface area contributed by atoms with Gasteiger partial charge in [0.15, 0.2) is 0 Å². The van der Waals surface area contributed by atoms with Gasteiger partial charge in [-0.05, 0) is 31.6 Å². The molecule has 0 aromatic carbocycles. The van der Waals surface area contributed by atoms with Gasteiger partial charge in [-0.25, -0.2) is 8.42 Å². The minimum Gasteiger partial charge on any atom is -0.393 e. The first-order valence-corrected chi connectivity index (χ1v) is 8.00. The third-order valence-electron chi connectivity index (χ3n) is 4.28. The lowest BCUT2D eigenvalue weighted by Gasteiger charge is -2.17. The standard InChI is InChI=1S/C12H19N3O3S/c1-8-12(7-14(2)13-8)19(17,18)15-5-9-3-11(16)4-10(9)6-15/h7,9-11,16H,3-6H2,1-2H3/t9-,10+,11?. The molecule has 1 aromatic heterocycles. The van der Waals surface area contributed by atoms with Crippen LogP contribution in [-0.2, 0) is 17.1 Å². The molecule has 1 saturated carbocycles. The Morgan fingerprint density at radius 3 is 2.37 bits per heavy atom. The van der Waals surface area contributed by atoms with Crippen molar-refractivity contribution in [2.24, 2.45) is 18.9 Å². The second kappa shape index (κ2) is 4.29. The van der Waals surface area contributed by atoms with Crippen molar-refractivity contribution in [1.82, 2.24) is 14.1 Å². The Morgan fingerprint density at radius 2 is 1.89 bits per heavy atom. The summed E-state index contributed by atoms with van der Waals surface area (Å²) < 4.78 is 28.3. The first-order valence-electron chi connectivity index (χ1n) is 6.56. The van der Waals surface area contributed by atoms with Crippen LogP contribution >= 0.6 is 0 Å². The molecule has 1 aliphatic heterocycles. The van der Waals surface area contributed by atoms with Crippen LogP contribution in [0, 0.1) is 18.8 Å². The van der Waals surface area contributed by atoms with Crippen molar-refractivity contribution in [3.05, 3.63) is 11.9 Å². The van der Waals surface area contributed by atoms with Gasteiger partial charge < -0.3 is 5.11 Å². The normalized spacial score (nSPS) is 31.8. The molecule has 2 fully saturated rings. The van der Waals surface area contributed by atoms with Gasteiger partial charge in [-0.2, -0.15) is 9.40 Å². The van der Waals surface area contributed by atoms with Crippen molar-refractivity contribution in [2.75, 3.05) is 13.1 Å². The van der Waals surface area contributed by atoms with E-state index in [2.05, 4.69) is 5.10 Å². The first kappa shape index (κ1) is 13.1. The van der Waals surface area contributed by atoms with Crippen LogP contribution in [-0.4, -0.2) is 46.8 Å². The quantitative estimate of drug-likeness (QED) is 0.837. The average molecular weight is 285 g/mol. The first-order chi connectivity index (χ1) is 8.88. The van der Waals surface area contributed by atoms with E-state index in [1.807, 2.05) is 0 Å². The van der Waals surface area contributed by atoms with Gasteiger partial charge in [0.25, 0.3) is 0 Å². The van der Waals surface area contributed by atoms with Gasteiger partial charge in [0, 0.05) is 26.3 Å². The van der Waals surface area contributed by atoms with Crippen molar-refractivity contribution in [1.29, 1.82) is 0 Å². The highest BCUT2D eigenvalue weighted by Crippen LogP contribution is 2.40.